The molecular formula is C20H21FN4O4S. The number of sulfonamides is 1. The van der Waals surface area contributed by atoms with Crippen molar-refractivity contribution in [2.45, 2.75) is 11.8 Å². The number of rotatable bonds is 8. The molecule has 2 N–H and O–H groups in total. The van der Waals surface area contributed by atoms with Crippen molar-refractivity contribution in [3.05, 3.63) is 60.4 Å². The number of likely N-dealkylation sites (N-methyl/N-ethyl adjacent to an activating group) is 1. The summed E-state index contributed by atoms with van der Waals surface area (Å²) in [6.07, 6.45) is 0. The number of aromatic nitrogens is 2. The van der Waals surface area contributed by atoms with E-state index in [-0.39, 0.29) is 10.7 Å². The number of hydrogen-bond acceptors (Lipinski definition) is 5. The molecule has 0 bridgehead atoms. The number of ether oxygens (including phenoxy) is 1. The molecule has 0 saturated heterocycles. The quantitative estimate of drug-likeness (QED) is 0.570. The highest BCUT2D eigenvalue weighted by molar-refractivity contribution is 7.89. The van der Waals surface area contributed by atoms with E-state index < -0.39 is 28.3 Å². The van der Waals surface area contributed by atoms with Crippen LogP contribution in [-0.4, -0.2) is 49.0 Å². The predicted octanol–water partition coefficient (Wildman–Crippen LogP) is 2.87. The second kappa shape index (κ2) is 9.06. The number of nitrogens with zero attached hydrogens (tertiary/aromatic N) is 2. The summed E-state index contributed by atoms with van der Waals surface area (Å²) in [6, 6.07) is 13.4. The Labute approximate surface area is 173 Å². The van der Waals surface area contributed by atoms with Crippen LogP contribution in [0.3, 0.4) is 0 Å². The Hall–Kier alpha value is -3.24. The summed E-state index contributed by atoms with van der Waals surface area (Å²) in [5.74, 6) is -0.200. The molecule has 0 fully saturated rings. The minimum absolute atomic E-state index is 0.0504. The van der Waals surface area contributed by atoms with Gasteiger partial charge in [-0.3, -0.25) is 9.89 Å². The van der Waals surface area contributed by atoms with Crippen LogP contribution in [0, 0.1) is 5.82 Å². The first kappa shape index (κ1) is 21.5. The number of halogens is 1. The number of aromatic amines is 1. The molecule has 3 aromatic rings. The molecule has 1 amide bonds. The number of H-pyrrole nitrogens is 1. The van der Waals surface area contributed by atoms with Crippen molar-refractivity contribution in [2.75, 3.05) is 25.5 Å². The number of hydrogen-bond donors (Lipinski definition) is 2. The molecule has 0 radical (unpaired) electrons. The predicted molar refractivity (Wildman–Crippen MR) is 110 cm³/mol. The topological polar surface area (TPSA) is 104 Å². The monoisotopic (exact) mass is 432 g/mol. The maximum Gasteiger partial charge on any atom is 0.243 e. The van der Waals surface area contributed by atoms with Crippen LogP contribution in [0.4, 0.5) is 10.2 Å². The molecule has 3 rings (SSSR count). The van der Waals surface area contributed by atoms with Gasteiger partial charge in [-0.1, -0.05) is 12.1 Å². The average molecular weight is 432 g/mol. The Bertz CT molecular complexity index is 1130. The van der Waals surface area contributed by atoms with Crippen molar-refractivity contribution in [3.63, 3.8) is 0 Å². The maximum absolute atomic E-state index is 13.4. The molecule has 0 aliphatic rings. The smallest absolute Gasteiger partial charge is 0.243 e. The summed E-state index contributed by atoms with van der Waals surface area (Å²) in [6.45, 7) is 1.90. The molecule has 1 aromatic heterocycles. The zero-order valence-corrected chi connectivity index (χ0v) is 17.2. The molecule has 0 unspecified atom stereocenters. The van der Waals surface area contributed by atoms with Gasteiger partial charge < -0.3 is 10.1 Å². The van der Waals surface area contributed by atoms with Crippen molar-refractivity contribution >= 4 is 21.7 Å². The first-order valence-electron chi connectivity index (χ1n) is 9.10. The minimum Gasteiger partial charge on any atom is -0.494 e. The van der Waals surface area contributed by atoms with E-state index in [9.17, 15) is 17.6 Å². The molecule has 0 spiro atoms. The lowest BCUT2D eigenvalue weighted by atomic mass is 10.1. The van der Waals surface area contributed by atoms with Crippen LogP contribution in [-0.2, 0) is 14.8 Å². The normalized spacial score (nSPS) is 11.5. The number of carbonyl (C=O) groups is 1. The second-order valence-electron chi connectivity index (χ2n) is 6.39. The number of anilines is 1. The Kier molecular flexibility index (Phi) is 6.48. The number of nitrogens with one attached hydrogen (secondary N) is 2. The van der Waals surface area contributed by atoms with Gasteiger partial charge in [-0.15, -0.1) is 0 Å². The molecule has 158 valence electrons. The van der Waals surface area contributed by atoms with Crippen molar-refractivity contribution in [2.24, 2.45) is 0 Å². The first-order chi connectivity index (χ1) is 14.3. The van der Waals surface area contributed by atoms with Gasteiger partial charge in [0.2, 0.25) is 15.9 Å². The molecule has 2 aromatic carbocycles. The zero-order chi connectivity index (χ0) is 21.7. The molecule has 0 aliphatic heterocycles. The fourth-order valence-corrected chi connectivity index (χ4v) is 3.84. The standard InChI is InChI=1S/C20H21FN4O4S/c1-3-29-16-7-9-17(10-8-16)30(27,28)25(2)13-20(26)22-19-12-18(23-24-19)14-5-4-6-15(21)11-14/h4-12H,3,13H2,1-2H3,(H2,22,23,24,26). The van der Waals surface area contributed by atoms with Gasteiger partial charge in [0.25, 0.3) is 0 Å². The van der Waals surface area contributed by atoms with Gasteiger partial charge in [0.1, 0.15) is 11.6 Å². The highest BCUT2D eigenvalue weighted by Gasteiger charge is 2.23. The lowest BCUT2D eigenvalue weighted by Gasteiger charge is -2.16. The summed E-state index contributed by atoms with van der Waals surface area (Å²) in [4.78, 5) is 12.3. The van der Waals surface area contributed by atoms with Crippen molar-refractivity contribution in [1.82, 2.24) is 14.5 Å². The van der Waals surface area contributed by atoms with Crippen molar-refractivity contribution in [3.8, 4) is 17.0 Å². The van der Waals surface area contributed by atoms with E-state index in [1.807, 2.05) is 6.92 Å². The van der Waals surface area contributed by atoms with Gasteiger partial charge >= 0.3 is 0 Å². The Morgan fingerprint density at radius 2 is 1.93 bits per heavy atom. The molecule has 0 aliphatic carbocycles. The Morgan fingerprint density at radius 3 is 2.60 bits per heavy atom. The van der Waals surface area contributed by atoms with Gasteiger partial charge in [-0.05, 0) is 43.3 Å². The van der Waals surface area contributed by atoms with E-state index in [1.165, 1.54) is 37.4 Å². The largest absolute Gasteiger partial charge is 0.494 e. The molecular weight excluding hydrogens is 411 g/mol. The maximum atomic E-state index is 13.4. The van der Waals surface area contributed by atoms with Crippen LogP contribution < -0.4 is 10.1 Å². The number of carbonyl (C=O) groups excluding carboxylic acids is 1. The Balaban J connectivity index is 1.64. The lowest BCUT2D eigenvalue weighted by molar-refractivity contribution is -0.116. The molecule has 0 saturated carbocycles. The lowest BCUT2D eigenvalue weighted by Crippen LogP contribution is -2.35. The average Bonchev–Trinajstić information content (AvgIpc) is 3.17. The number of amides is 1. The van der Waals surface area contributed by atoms with E-state index in [0.29, 0.717) is 23.6 Å². The highest BCUT2D eigenvalue weighted by Crippen LogP contribution is 2.21. The highest BCUT2D eigenvalue weighted by atomic mass is 32.2. The summed E-state index contributed by atoms with van der Waals surface area (Å²) in [7, 11) is -2.54. The van der Waals surface area contributed by atoms with Crippen LogP contribution >= 0.6 is 0 Å². The fourth-order valence-electron chi connectivity index (χ4n) is 2.71. The molecule has 30 heavy (non-hydrogen) atoms. The molecule has 8 nitrogen and oxygen atoms in total. The summed E-state index contributed by atoms with van der Waals surface area (Å²) >= 11 is 0. The van der Waals surface area contributed by atoms with Crippen molar-refractivity contribution < 1.29 is 22.3 Å². The molecule has 10 heteroatoms. The molecule has 0 atom stereocenters. The zero-order valence-electron chi connectivity index (χ0n) is 16.4. The fraction of sp³-hybridized carbons (Fsp3) is 0.200. The van der Waals surface area contributed by atoms with Gasteiger partial charge in [0.15, 0.2) is 5.82 Å². The van der Waals surface area contributed by atoms with E-state index in [4.69, 9.17) is 4.74 Å². The van der Waals surface area contributed by atoms with Crippen LogP contribution in [0.1, 0.15) is 6.92 Å². The Morgan fingerprint density at radius 1 is 1.20 bits per heavy atom. The van der Waals surface area contributed by atoms with E-state index in [0.717, 1.165) is 4.31 Å². The van der Waals surface area contributed by atoms with Gasteiger partial charge in [-0.25, -0.2) is 12.8 Å². The summed E-state index contributed by atoms with van der Waals surface area (Å²) in [5, 5.41) is 9.19. The molecule has 1 heterocycles. The van der Waals surface area contributed by atoms with Gasteiger partial charge in [-0.2, -0.15) is 9.40 Å². The van der Waals surface area contributed by atoms with Crippen LogP contribution in [0.15, 0.2) is 59.5 Å². The second-order valence-corrected chi connectivity index (χ2v) is 8.44. The van der Waals surface area contributed by atoms with E-state index in [2.05, 4.69) is 15.5 Å². The van der Waals surface area contributed by atoms with Gasteiger partial charge in [0.05, 0.1) is 23.7 Å². The summed E-state index contributed by atoms with van der Waals surface area (Å²) in [5.41, 5.74) is 1.08. The van der Waals surface area contributed by atoms with E-state index in [1.54, 1.807) is 24.3 Å². The number of benzene rings is 2. The van der Waals surface area contributed by atoms with Gasteiger partial charge in [0, 0.05) is 18.7 Å². The van der Waals surface area contributed by atoms with Crippen LogP contribution in [0.2, 0.25) is 0 Å². The van der Waals surface area contributed by atoms with Crippen LogP contribution in [0.25, 0.3) is 11.3 Å². The SMILES string of the molecule is CCOc1ccc(S(=O)(=O)N(C)CC(=O)Nc2cc(-c3cccc(F)c3)[nH]n2)cc1. The summed E-state index contributed by atoms with van der Waals surface area (Å²) < 4.78 is 44.9. The first-order valence-corrected chi connectivity index (χ1v) is 10.5. The van der Waals surface area contributed by atoms with Crippen molar-refractivity contribution in [1.29, 1.82) is 0 Å². The third-order valence-electron chi connectivity index (χ3n) is 4.19. The third-order valence-corrected chi connectivity index (χ3v) is 6.01. The van der Waals surface area contributed by atoms with E-state index >= 15 is 0 Å². The van der Waals surface area contributed by atoms with Crippen LogP contribution in [0.5, 0.6) is 5.75 Å². The third kappa shape index (κ3) is 5.02. The minimum atomic E-state index is -3.85.